The Kier molecular flexibility index (Phi) is 4.80. The third kappa shape index (κ3) is 3.77. The number of nitrogens with zero attached hydrogens (tertiary/aromatic N) is 1. The Morgan fingerprint density at radius 3 is 2.12 bits per heavy atom. The van der Waals surface area contributed by atoms with E-state index in [-0.39, 0.29) is 5.91 Å². The molecular formula is C26H21N5O. The van der Waals surface area contributed by atoms with Crippen molar-refractivity contribution >= 4 is 56.1 Å². The molecule has 6 heteroatoms. The lowest BCUT2D eigenvalue weighted by Gasteiger charge is -2.14. The van der Waals surface area contributed by atoms with Gasteiger partial charge in [-0.2, -0.15) is 0 Å². The molecule has 0 bridgehead atoms. The van der Waals surface area contributed by atoms with Crippen LogP contribution in [0.25, 0.3) is 21.8 Å². The van der Waals surface area contributed by atoms with Crippen molar-refractivity contribution in [3.8, 4) is 0 Å². The number of aromatic nitrogens is 1. The average Bonchev–Trinajstić information content (AvgIpc) is 2.81. The SMILES string of the molecule is Nc1ccc(C(=O)Nc2ccc(Nc3c4ccccc4nc4ccc(N)cc34)cc2)cc1. The summed E-state index contributed by atoms with van der Waals surface area (Å²) in [5.74, 6) is -0.188. The van der Waals surface area contributed by atoms with Crippen molar-refractivity contribution in [3.63, 3.8) is 0 Å². The van der Waals surface area contributed by atoms with Crippen LogP contribution < -0.4 is 22.1 Å². The van der Waals surface area contributed by atoms with Crippen molar-refractivity contribution in [1.82, 2.24) is 4.98 Å². The van der Waals surface area contributed by atoms with Gasteiger partial charge in [0, 0.05) is 39.1 Å². The van der Waals surface area contributed by atoms with Gasteiger partial charge in [-0.25, -0.2) is 4.98 Å². The number of pyridine rings is 1. The Balaban J connectivity index is 1.44. The highest BCUT2D eigenvalue weighted by Crippen LogP contribution is 2.34. The molecule has 5 aromatic rings. The molecule has 0 radical (unpaired) electrons. The zero-order valence-electron chi connectivity index (χ0n) is 17.2. The number of rotatable bonds is 4. The first-order chi connectivity index (χ1) is 15.6. The van der Waals surface area contributed by atoms with Crippen LogP contribution in [0.4, 0.5) is 28.4 Å². The number of carbonyl (C=O) groups excluding carboxylic acids is 1. The minimum absolute atomic E-state index is 0.188. The summed E-state index contributed by atoms with van der Waals surface area (Å²) < 4.78 is 0. The molecule has 0 aliphatic rings. The van der Waals surface area contributed by atoms with Crippen molar-refractivity contribution in [2.75, 3.05) is 22.1 Å². The largest absolute Gasteiger partial charge is 0.399 e. The van der Waals surface area contributed by atoms with E-state index < -0.39 is 0 Å². The van der Waals surface area contributed by atoms with Gasteiger partial charge in [-0.05, 0) is 72.8 Å². The van der Waals surface area contributed by atoms with E-state index in [0.29, 0.717) is 22.6 Å². The molecule has 156 valence electrons. The number of para-hydroxylation sites is 1. The van der Waals surface area contributed by atoms with Crippen LogP contribution in [0.15, 0.2) is 91.0 Å². The van der Waals surface area contributed by atoms with E-state index >= 15 is 0 Å². The molecule has 1 amide bonds. The average molecular weight is 419 g/mol. The molecule has 0 saturated heterocycles. The van der Waals surface area contributed by atoms with E-state index in [1.54, 1.807) is 24.3 Å². The van der Waals surface area contributed by atoms with Crippen molar-refractivity contribution in [1.29, 1.82) is 0 Å². The van der Waals surface area contributed by atoms with Crippen molar-refractivity contribution in [2.45, 2.75) is 0 Å². The minimum Gasteiger partial charge on any atom is -0.399 e. The second-order valence-electron chi connectivity index (χ2n) is 7.56. The van der Waals surface area contributed by atoms with Gasteiger partial charge in [0.1, 0.15) is 0 Å². The van der Waals surface area contributed by atoms with Crippen molar-refractivity contribution in [3.05, 3.63) is 96.6 Å². The summed E-state index contributed by atoms with van der Waals surface area (Å²) >= 11 is 0. The van der Waals surface area contributed by atoms with Gasteiger partial charge < -0.3 is 22.1 Å². The van der Waals surface area contributed by atoms with Crippen LogP contribution in [0.3, 0.4) is 0 Å². The molecule has 6 nitrogen and oxygen atoms in total. The molecule has 0 spiro atoms. The summed E-state index contributed by atoms with van der Waals surface area (Å²) in [6, 6.07) is 28.1. The number of nitrogens with two attached hydrogens (primary N) is 2. The smallest absolute Gasteiger partial charge is 0.255 e. The number of anilines is 5. The molecule has 0 saturated carbocycles. The summed E-state index contributed by atoms with van der Waals surface area (Å²) in [6.07, 6.45) is 0. The Morgan fingerprint density at radius 1 is 0.688 bits per heavy atom. The topological polar surface area (TPSA) is 106 Å². The molecule has 6 N–H and O–H groups in total. The van der Waals surface area contributed by atoms with Gasteiger partial charge in [0.15, 0.2) is 0 Å². The van der Waals surface area contributed by atoms with Crippen LogP contribution in [-0.4, -0.2) is 10.9 Å². The van der Waals surface area contributed by atoms with Gasteiger partial charge in [0.25, 0.3) is 5.91 Å². The van der Waals surface area contributed by atoms with Crippen molar-refractivity contribution < 1.29 is 4.79 Å². The van der Waals surface area contributed by atoms with E-state index in [0.717, 1.165) is 33.2 Å². The standard InChI is InChI=1S/C26H21N5O/c27-17-7-5-16(6-8-17)26(32)30-20-12-10-19(11-13-20)29-25-21-3-1-2-4-23(21)31-24-14-9-18(28)15-22(24)25/h1-15H,27-28H2,(H,29,31)(H,30,32). The Bertz CT molecular complexity index is 1440. The molecule has 1 heterocycles. The van der Waals surface area contributed by atoms with Crippen molar-refractivity contribution in [2.24, 2.45) is 0 Å². The normalized spacial score (nSPS) is 10.9. The molecule has 0 unspecified atom stereocenters. The first-order valence-corrected chi connectivity index (χ1v) is 10.2. The highest BCUT2D eigenvalue weighted by Gasteiger charge is 2.10. The predicted molar refractivity (Wildman–Crippen MR) is 132 cm³/mol. The van der Waals surface area contributed by atoms with Crippen LogP contribution in [0.2, 0.25) is 0 Å². The highest BCUT2D eigenvalue weighted by molar-refractivity contribution is 6.09. The molecule has 0 atom stereocenters. The number of hydrogen-bond acceptors (Lipinski definition) is 5. The summed E-state index contributed by atoms with van der Waals surface area (Å²) in [5, 5.41) is 8.37. The zero-order chi connectivity index (χ0) is 22.1. The third-order valence-corrected chi connectivity index (χ3v) is 5.29. The third-order valence-electron chi connectivity index (χ3n) is 5.29. The number of amides is 1. The molecule has 0 aliphatic heterocycles. The van der Waals surface area contributed by atoms with Gasteiger partial charge in [0.05, 0.1) is 16.7 Å². The molecule has 1 aromatic heterocycles. The minimum atomic E-state index is -0.188. The van der Waals surface area contributed by atoms with Crippen LogP contribution in [0.5, 0.6) is 0 Å². The first-order valence-electron chi connectivity index (χ1n) is 10.2. The summed E-state index contributed by atoms with van der Waals surface area (Å²) in [4.78, 5) is 17.2. The van der Waals surface area contributed by atoms with Crippen LogP contribution in [0, 0.1) is 0 Å². The van der Waals surface area contributed by atoms with E-state index in [1.165, 1.54) is 0 Å². The molecular weight excluding hydrogens is 398 g/mol. The number of nitrogen functional groups attached to an aromatic ring is 2. The number of carbonyl (C=O) groups is 1. The Morgan fingerprint density at radius 2 is 1.34 bits per heavy atom. The lowest BCUT2D eigenvalue weighted by Crippen LogP contribution is -2.11. The Labute approximate surface area is 184 Å². The van der Waals surface area contributed by atoms with E-state index in [9.17, 15) is 4.79 Å². The first kappa shape index (κ1) is 19.4. The van der Waals surface area contributed by atoms with Gasteiger partial charge in [0.2, 0.25) is 0 Å². The van der Waals surface area contributed by atoms with Crippen LogP contribution >= 0.6 is 0 Å². The maximum absolute atomic E-state index is 12.4. The van der Waals surface area contributed by atoms with Gasteiger partial charge >= 0.3 is 0 Å². The fourth-order valence-electron chi connectivity index (χ4n) is 3.66. The fourth-order valence-corrected chi connectivity index (χ4v) is 3.66. The second-order valence-corrected chi connectivity index (χ2v) is 7.56. The number of fused-ring (bicyclic) bond motifs is 2. The molecule has 5 rings (SSSR count). The van der Waals surface area contributed by atoms with E-state index in [1.807, 2.05) is 66.7 Å². The Hall–Kier alpha value is -4.58. The number of hydrogen-bond donors (Lipinski definition) is 4. The van der Waals surface area contributed by atoms with Gasteiger partial charge in [-0.1, -0.05) is 18.2 Å². The van der Waals surface area contributed by atoms with Crippen LogP contribution in [0.1, 0.15) is 10.4 Å². The lowest BCUT2D eigenvalue weighted by molar-refractivity contribution is 0.102. The second kappa shape index (κ2) is 7.92. The number of nitrogens with one attached hydrogen (secondary N) is 2. The number of benzene rings is 4. The van der Waals surface area contributed by atoms with E-state index in [2.05, 4.69) is 10.6 Å². The molecule has 32 heavy (non-hydrogen) atoms. The van der Waals surface area contributed by atoms with Crippen LogP contribution in [-0.2, 0) is 0 Å². The quantitative estimate of drug-likeness (QED) is 0.226. The highest BCUT2D eigenvalue weighted by atomic mass is 16.1. The zero-order valence-corrected chi connectivity index (χ0v) is 17.2. The molecule has 0 aliphatic carbocycles. The maximum atomic E-state index is 12.4. The van der Waals surface area contributed by atoms with E-state index in [4.69, 9.17) is 16.5 Å². The van der Waals surface area contributed by atoms with Gasteiger partial charge in [-0.15, -0.1) is 0 Å². The molecule has 4 aromatic carbocycles. The lowest BCUT2D eigenvalue weighted by atomic mass is 10.1. The summed E-state index contributed by atoms with van der Waals surface area (Å²) in [6.45, 7) is 0. The molecule has 0 fully saturated rings. The maximum Gasteiger partial charge on any atom is 0.255 e. The fraction of sp³-hybridized carbons (Fsp3) is 0. The monoisotopic (exact) mass is 419 g/mol. The predicted octanol–water partition coefficient (Wildman–Crippen LogP) is 5.55. The van der Waals surface area contributed by atoms with Gasteiger partial charge in [-0.3, -0.25) is 4.79 Å². The summed E-state index contributed by atoms with van der Waals surface area (Å²) in [7, 11) is 0. The summed E-state index contributed by atoms with van der Waals surface area (Å²) in [5.41, 5.74) is 17.9.